The van der Waals surface area contributed by atoms with E-state index in [0.717, 1.165) is 11.7 Å². The lowest BCUT2D eigenvalue weighted by Crippen LogP contribution is -2.24. The van der Waals surface area contributed by atoms with Gasteiger partial charge in [0.1, 0.15) is 0 Å². The third kappa shape index (κ3) is 3.98. The number of carbonyl (C=O) groups is 1. The van der Waals surface area contributed by atoms with Crippen LogP contribution in [0.15, 0.2) is 5.38 Å². The van der Waals surface area contributed by atoms with E-state index in [9.17, 15) is 4.79 Å². The van der Waals surface area contributed by atoms with Crippen molar-refractivity contribution in [2.24, 2.45) is 17.8 Å². The summed E-state index contributed by atoms with van der Waals surface area (Å²) in [6, 6.07) is 0. The number of carbonyl (C=O) groups excluding carboxylic acids is 1. The standard InChI is InChI=1S/C13H22N2O2S/c1-8(2)10(9(3)4)6-14-13-15-11(7-18-13)12(16)17-5/h7-10H,6H2,1-5H3,(H,14,15). The molecule has 0 fully saturated rings. The highest BCUT2D eigenvalue weighted by molar-refractivity contribution is 7.13. The van der Waals surface area contributed by atoms with Crippen LogP contribution in [0.5, 0.6) is 0 Å². The molecule has 1 heterocycles. The second-order valence-electron chi connectivity index (χ2n) is 5.06. The molecule has 0 amide bonds. The highest BCUT2D eigenvalue weighted by Crippen LogP contribution is 2.22. The molecule has 0 aliphatic rings. The Kier molecular flexibility index (Phi) is 5.59. The van der Waals surface area contributed by atoms with E-state index in [1.54, 1.807) is 5.38 Å². The van der Waals surface area contributed by atoms with Crippen molar-refractivity contribution in [2.45, 2.75) is 27.7 Å². The number of anilines is 1. The molecule has 1 aromatic heterocycles. The molecule has 0 spiro atoms. The van der Waals surface area contributed by atoms with Gasteiger partial charge in [-0.1, -0.05) is 27.7 Å². The van der Waals surface area contributed by atoms with Gasteiger partial charge in [0.15, 0.2) is 10.8 Å². The Morgan fingerprint density at radius 1 is 1.39 bits per heavy atom. The maximum Gasteiger partial charge on any atom is 0.357 e. The molecule has 1 N–H and O–H groups in total. The van der Waals surface area contributed by atoms with Crippen molar-refractivity contribution in [2.75, 3.05) is 19.0 Å². The number of hydrogen-bond acceptors (Lipinski definition) is 5. The van der Waals surface area contributed by atoms with E-state index in [-0.39, 0.29) is 5.97 Å². The summed E-state index contributed by atoms with van der Waals surface area (Å²) in [7, 11) is 1.36. The van der Waals surface area contributed by atoms with Gasteiger partial charge in [0, 0.05) is 11.9 Å². The van der Waals surface area contributed by atoms with Crippen molar-refractivity contribution in [3.63, 3.8) is 0 Å². The van der Waals surface area contributed by atoms with Crippen LogP contribution in [0.25, 0.3) is 0 Å². The predicted octanol–water partition coefficient (Wildman–Crippen LogP) is 3.27. The molecule has 18 heavy (non-hydrogen) atoms. The molecule has 0 radical (unpaired) electrons. The number of ether oxygens (including phenoxy) is 1. The minimum Gasteiger partial charge on any atom is -0.464 e. The van der Waals surface area contributed by atoms with E-state index < -0.39 is 0 Å². The van der Waals surface area contributed by atoms with Gasteiger partial charge in [0.05, 0.1) is 7.11 Å². The topological polar surface area (TPSA) is 51.2 Å². The zero-order valence-corrected chi connectivity index (χ0v) is 12.5. The first-order valence-corrected chi connectivity index (χ1v) is 7.11. The van der Waals surface area contributed by atoms with Gasteiger partial charge in [-0.05, 0) is 17.8 Å². The number of methoxy groups -OCH3 is 1. The molecular formula is C13H22N2O2S. The van der Waals surface area contributed by atoms with E-state index >= 15 is 0 Å². The van der Waals surface area contributed by atoms with Gasteiger partial charge in [0.2, 0.25) is 0 Å². The minimum atomic E-state index is -0.386. The van der Waals surface area contributed by atoms with Crippen molar-refractivity contribution in [1.82, 2.24) is 4.98 Å². The highest BCUT2D eigenvalue weighted by atomic mass is 32.1. The quantitative estimate of drug-likeness (QED) is 0.806. The third-order valence-corrected chi connectivity index (χ3v) is 3.90. The number of thiazole rings is 1. The Hall–Kier alpha value is -1.10. The van der Waals surface area contributed by atoms with Gasteiger partial charge in [-0.2, -0.15) is 0 Å². The maximum atomic E-state index is 11.3. The van der Waals surface area contributed by atoms with E-state index in [4.69, 9.17) is 0 Å². The van der Waals surface area contributed by atoms with Crippen LogP contribution in [-0.4, -0.2) is 24.6 Å². The van der Waals surface area contributed by atoms with Gasteiger partial charge >= 0.3 is 5.97 Å². The Bertz CT molecular complexity index is 380. The zero-order chi connectivity index (χ0) is 13.7. The fourth-order valence-electron chi connectivity index (χ4n) is 2.00. The first-order valence-electron chi connectivity index (χ1n) is 6.23. The molecule has 0 aliphatic heterocycles. The lowest BCUT2D eigenvalue weighted by molar-refractivity contribution is 0.0595. The monoisotopic (exact) mass is 270 g/mol. The molecule has 1 aromatic rings. The Morgan fingerprint density at radius 3 is 2.50 bits per heavy atom. The number of nitrogens with zero attached hydrogens (tertiary/aromatic N) is 1. The molecule has 5 heteroatoms. The molecular weight excluding hydrogens is 248 g/mol. The fourth-order valence-corrected chi connectivity index (χ4v) is 2.69. The predicted molar refractivity (Wildman–Crippen MR) is 75.1 cm³/mol. The number of rotatable bonds is 6. The van der Waals surface area contributed by atoms with Gasteiger partial charge in [-0.25, -0.2) is 9.78 Å². The molecule has 1 rings (SSSR count). The van der Waals surface area contributed by atoms with Crippen molar-refractivity contribution in [3.8, 4) is 0 Å². The van der Waals surface area contributed by atoms with Gasteiger partial charge in [-0.3, -0.25) is 0 Å². The largest absolute Gasteiger partial charge is 0.464 e. The van der Waals surface area contributed by atoms with Gasteiger partial charge in [0.25, 0.3) is 0 Å². The first kappa shape index (κ1) is 15.0. The molecule has 0 saturated heterocycles. The molecule has 0 aromatic carbocycles. The van der Waals surface area contributed by atoms with Crippen molar-refractivity contribution >= 4 is 22.4 Å². The summed E-state index contributed by atoms with van der Waals surface area (Å²) in [6.45, 7) is 9.80. The summed E-state index contributed by atoms with van der Waals surface area (Å²) in [5.41, 5.74) is 0.371. The minimum absolute atomic E-state index is 0.371. The highest BCUT2D eigenvalue weighted by Gasteiger charge is 2.18. The van der Waals surface area contributed by atoms with E-state index in [2.05, 4.69) is 42.7 Å². The average Bonchev–Trinajstić information content (AvgIpc) is 2.76. The van der Waals surface area contributed by atoms with Crippen LogP contribution in [-0.2, 0) is 4.74 Å². The maximum absolute atomic E-state index is 11.3. The summed E-state index contributed by atoms with van der Waals surface area (Å²) in [4.78, 5) is 15.5. The summed E-state index contributed by atoms with van der Waals surface area (Å²) in [5.74, 6) is 1.45. The fraction of sp³-hybridized carbons (Fsp3) is 0.692. The first-order chi connectivity index (χ1) is 8.45. The Morgan fingerprint density at radius 2 is 2.00 bits per heavy atom. The van der Waals surface area contributed by atoms with Crippen LogP contribution in [0.1, 0.15) is 38.2 Å². The normalized spacial score (nSPS) is 11.3. The molecule has 0 aliphatic carbocycles. The van der Waals surface area contributed by atoms with Crippen LogP contribution < -0.4 is 5.32 Å². The molecule has 0 atom stereocenters. The Labute approximate surface area is 113 Å². The SMILES string of the molecule is COC(=O)c1csc(NCC(C(C)C)C(C)C)n1. The van der Waals surface area contributed by atoms with E-state index in [0.29, 0.717) is 23.4 Å². The van der Waals surface area contributed by atoms with Gasteiger partial charge in [-0.15, -0.1) is 11.3 Å². The number of hydrogen-bond donors (Lipinski definition) is 1. The smallest absolute Gasteiger partial charge is 0.357 e. The Balaban J connectivity index is 2.57. The molecule has 0 bridgehead atoms. The van der Waals surface area contributed by atoms with Crippen molar-refractivity contribution in [1.29, 1.82) is 0 Å². The molecule has 102 valence electrons. The summed E-state index contributed by atoms with van der Waals surface area (Å²) >= 11 is 1.44. The third-order valence-electron chi connectivity index (χ3n) is 3.10. The van der Waals surface area contributed by atoms with E-state index in [1.165, 1.54) is 18.4 Å². The number of esters is 1. The second kappa shape index (κ2) is 6.73. The molecule has 0 saturated carbocycles. The molecule has 0 unspecified atom stereocenters. The number of nitrogens with one attached hydrogen (secondary N) is 1. The van der Waals surface area contributed by atoms with Crippen LogP contribution in [0, 0.1) is 17.8 Å². The second-order valence-corrected chi connectivity index (χ2v) is 5.92. The summed E-state index contributed by atoms with van der Waals surface area (Å²) in [6.07, 6.45) is 0. The van der Waals surface area contributed by atoms with Gasteiger partial charge < -0.3 is 10.1 Å². The van der Waals surface area contributed by atoms with Crippen molar-refractivity contribution in [3.05, 3.63) is 11.1 Å². The summed E-state index contributed by atoms with van der Waals surface area (Å²) in [5, 5.41) is 5.80. The lowest BCUT2D eigenvalue weighted by Gasteiger charge is -2.24. The average molecular weight is 270 g/mol. The molecule has 4 nitrogen and oxygen atoms in total. The van der Waals surface area contributed by atoms with Crippen molar-refractivity contribution < 1.29 is 9.53 Å². The van der Waals surface area contributed by atoms with Crippen LogP contribution in [0.2, 0.25) is 0 Å². The summed E-state index contributed by atoms with van der Waals surface area (Å²) < 4.78 is 4.63. The van der Waals surface area contributed by atoms with Crippen LogP contribution in [0.4, 0.5) is 5.13 Å². The number of aromatic nitrogens is 1. The van der Waals surface area contributed by atoms with E-state index in [1.807, 2.05) is 0 Å². The lowest BCUT2D eigenvalue weighted by atomic mass is 9.86. The van der Waals surface area contributed by atoms with Crippen LogP contribution >= 0.6 is 11.3 Å². The zero-order valence-electron chi connectivity index (χ0n) is 11.7. The van der Waals surface area contributed by atoms with Crippen LogP contribution in [0.3, 0.4) is 0 Å².